The molecule has 0 saturated carbocycles. The van der Waals surface area contributed by atoms with Gasteiger partial charge in [0.15, 0.2) is 0 Å². The number of rotatable bonds is 7. The molecule has 92 valence electrons. The molecule has 1 unspecified atom stereocenters. The summed E-state index contributed by atoms with van der Waals surface area (Å²) in [5.41, 5.74) is 0.104. The van der Waals surface area contributed by atoms with Gasteiger partial charge in [-0.3, -0.25) is 9.13 Å². The molecule has 1 aromatic rings. The van der Waals surface area contributed by atoms with E-state index in [1.807, 2.05) is 12.4 Å². The van der Waals surface area contributed by atoms with Crippen molar-refractivity contribution in [1.82, 2.24) is 14.5 Å². The third-order valence-electron chi connectivity index (χ3n) is 2.84. The molecular formula is C12H23N3O. The van der Waals surface area contributed by atoms with E-state index in [9.17, 15) is 4.79 Å². The summed E-state index contributed by atoms with van der Waals surface area (Å²) in [6, 6.07) is 0.522. The van der Waals surface area contributed by atoms with Crippen LogP contribution in [0.3, 0.4) is 0 Å². The first kappa shape index (κ1) is 13.0. The van der Waals surface area contributed by atoms with Gasteiger partial charge < -0.3 is 5.32 Å². The largest absolute Gasteiger partial charge is 0.328 e. The summed E-state index contributed by atoms with van der Waals surface area (Å²) in [6.07, 6.45) is 5.85. The maximum Gasteiger partial charge on any atom is 0.328 e. The molecule has 4 heteroatoms. The number of nitrogens with zero attached hydrogens (tertiary/aromatic N) is 2. The summed E-state index contributed by atoms with van der Waals surface area (Å²) >= 11 is 0. The molecule has 0 radical (unpaired) electrons. The fraction of sp³-hybridized carbons (Fsp3) is 0.750. The highest BCUT2D eigenvalue weighted by molar-refractivity contribution is 4.81. The third-order valence-corrected chi connectivity index (χ3v) is 2.84. The van der Waals surface area contributed by atoms with E-state index in [1.54, 1.807) is 9.13 Å². The van der Waals surface area contributed by atoms with E-state index in [4.69, 9.17) is 0 Å². The molecule has 0 amide bonds. The Morgan fingerprint density at radius 2 is 1.88 bits per heavy atom. The van der Waals surface area contributed by atoms with Crippen molar-refractivity contribution in [3.8, 4) is 0 Å². The van der Waals surface area contributed by atoms with Crippen molar-refractivity contribution < 1.29 is 0 Å². The zero-order valence-electron chi connectivity index (χ0n) is 10.6. The fourth-order valence-electron chi connectivity index (χ4n) is 1.61. The van der Waals surface area contributed by atoms with Crippen molar-refractivity contribution in [2.45, 2.75) is 52.7 Å². The standard InChI is InChI=1S/C12H23N3O/c1-4-7-14-9-10-15(12(14)16)8-6-13-11(3)5-2/h9-11,13H,4-8H2,1-3H3. The van der Waals surface area contributed by atoms with Crippen LogP contribution in [0.5, 0.6) is 0 Å². The number of imidazole rings is 1. The van der Waals surface area contributed by atoms with E-state index in [0.29, 0.717) is 6.04 Å². The Balaban J connectivity index is 2.45. The lowest BCUT2D eigenvalue weighted by Gasteiger charge is -2.10. The van der Waals surface area contributed by atoms with Gasteiger partial charge in [-0.15, -0.1) is 0 Å². The average molecular weight is 225 g/mol. The predicted octanol–water partition coefficient (Wildman–Crippen LogP) is 1.45. The Hall–Kier alpha value is -1.03. The zero-order valence-corrected chi connectivity index (χ0v) is 10.6. The molecule has 1 heterocycles. The Morgan fingerprint density at radius 3 is 2.44 bits per heavy atom. The highest BCUT2D eigenvalue weighted by Crippen LogP contribution is 1.90. The molecule has 0 aliphatic heterocycles. The van der Waals surface area contributed by atoms with Gasteiger partial charge in [-0.1, -0.05) is 13.8 Å². The maximum absolute atomic E-state index is 11.8. The lowest BCUT2D eigenvalue weighted by atomic mass is 10.3. The van der Waals surface area contributed by atoms with E-state index in [-0.39, 0.29) is 5.69 Å². The van der Waals surface area contributed by atoms with Crippen LogP contribution in [0.1, 0.15) is 33.6 Å². The first-order valence-electron chi connectivity index (χ1n) is 6.18. The lowest BCUT2D eigenvalue weighted by molar-refractivity contribution is 0.495. The van der Waals surface area contributed by atoms with Crippen LogP contribution in [0.4, 0.5) is 0 Å². The second-order valence-corrected chi connectivity index (χ2v) is 4.23. The molecule has 16 heavy (non-hydrogen) atoms. The molecule has 1 atom stereocenters. The minimum Gasteiger partial charge on any atom is -0.312 e. The average Bonchev–Trinajstić information content (AvgIpc) is 2.62. The molecule has 1 N–H and O–H groups in total. The van der Waals surface area contributed by atoms with Gasteiger partial charge >= 0.3 is 5.69 Å². The summed E-state index contributed by atoms with van der Waals surface area (Å²) in [5.74, 6) is 0. The van der Waals surface area contributed by atoms with Crippen LogP contribution in [-0.4, -0.2) is 21.7 Å². The van der Waals surface area contributed by atoms with Crippen molar-refractivity contribution in [1.29, 1.82) is 0 Å². The van der Waals surface area contributed by atoms with Gasteiger partial charge in [-0.25, -0.2) is 4.79 Å². The quantitative estimate of drug-likeness (QED) is 0.763. The summed E-state index contributed by atoms with van der Waals surface area (Å²) in [7, 11) is 0. The van der Waals surface area contributed by atoms with E-state index in [2.05, 4.69) is 26.1 Å². The van der Waals surface area contributed by atoms with Crippen LogP contribution in [0.2, 0.25) is 0 Å². The van der Waals surface area contributed by atoms with Crippen LogP contribution in [0.25, 0.3) is 0 Å². The maximum atomic E-state index is 11.8. The highest BCUT2D eigenvalue weighted by Gasteiger charge is 2.02. The topological polar surface area (TPSA) is 39.0 Å². The van der Waals surface area contributed by atoms with Crippen molar-refractivity contribution in [3.05, 3.63) is 22.9 Å². The SMILES string of the molecule is CCCn1ccn(CCNC(C)CC)c1=O. The van der Waals surface area contributed by atoms with Gasteiger partial charge in [-0.05, 0) is 19.8 Å². The van der Waals surface area contributed by atoms with Crippen molar-refractivity contribution in [3.63, 3.8) is 0 Å². The summed E-state index contributed by atoms with van der Waals surface area (Å²) in [6.45, 7) is 8.80. The second-order valence-electron chi connectivity index (χ2n) is 4.23. The van der Waals surface area contributed by atoms with Gasteiger partial charge in [0, 0.05) is 38.1 Å². The molecule has 0 aliphatic rings. The monoisotopic (exact) mass is 225 g/mol. The first-order valence-corrected chi connectivity index (χ1v) is 6.18. The molecule has 0 aliphatic carbocycles. The van der Waals surface area contributed by atoms with Gasteiger partial charge in [0.2, 0.25) is 0 Å². The highest BCUT2D eigenvalue weighted by atomic mass is 16.1. The van der Waals surface area contributed by atoms with E-state index in [1.165, 1.54) is 0 Å². The van der Waals surface area contributed by atoms with Crippen molar-refractivity contribution in [2.75, 3.05) is 6.54 Å². The van der Waals surface area contributed by atoms with Crippen LogP contribution < -0.4 is 11.0 Å². The Bertz CT molecular complexity index is 353. The summed E-state index contributed by atoms with van der Waals surface area (Å²) < 4.78 is 3.54. The molecule has 0 aromatic carbocycles. The van der Waals surface area contributed by atoms with Gasteiger partial charge in [0.05, 0.1) is 0 Å². The smallest absolute Gasteiger partial charge is 0.312 e. The lowest BCUT2D eigenvalue weighted by Crippen LogP contribution is -2.32. The first-order chi connectivity index (χ1) is 7.69. The van der Waals surface area contributed by atoms with Gasteiger partial charge in [0.25, 0.3) is 0 Å². The molecule has 4 nitrogen and oxygen atoms in total. The van der Waals surface area contributed by atoms with Gasteiger partial charge in [-0.2, -0.15) is 0 Å². The normalized spacial score (nSPS) is 12.9. The van der Waals surface area contributed by atoms with Crippen LogP contribution >= 0.6 is 0 Å². The van der Waals surface area contributed by atoms with E-state index >= 15 is 0 Å². The fourth-order valence-corrected chi connectivity index (χ4v) is 1.61. The molecule has 0 saturated heterocycles. The Kier molecular flexibility index (Phi) is 5.32. The van der Waals surface area contributed by atoms with Crippen LogP contribution in [-0.2, 0) is 13.1 Å². The zero-order chi connectivity index (χ0) is 12.0. The third kappa shape index (κ3) is 3.52. The van der Waals surface area contributed by atoms with Crippen molar-refractivity contribution in [2.24, 2.45) is 0 Å². The number of nitrogens with one attached hydrogen (secondary N) is 1. The number of aromatic nitrogens is 2. The minimum atomic E-state index is 0.104. The predicted molar refractivity (Wildman–Crippen MR) is 66.7 cm³/mol. The minimum absolute atomic E-state index is 0.104. The molecule has 0 fully saturated rings. The summed E-state index contributed by atoms with van der Waals surface area (Å²) in [5, 5.41) is 3.38. The summed E-state index contributed by atoms with van der Waals surface area (Å²) in [4.78, 5) is 11.8. The number of aryl methyl sites for hydroxylation is 1. The molecule has 0 bridgehead atoms. The second kappa shape index (κ2) is 6.53. The van der Waals surface area contributed by atoms with Crippen LogP contribution in [0, 0.1) is 0 Å². The van der Waals surface area contributed by atoms with E-state index in [0.717, 1.165) is 32.5 Å². The molecule has 1 rings (SSSR count). The number of hydrogen-bond donors (Lipinski definition) is 1. The molecule has 0 spiro atoms. The van der Waals surface area contributed by atoms with Crippen LogP contribution in [0.15, 0.2) is 17.2 Å². The Morgan fingerprint density at radius 1 is 1.25 bits per heavy atom. The number of hydrogen-bond acceptors (Lipinski definition) is 2. The Labute approximate surface area is 97.3 Å². The van der Waals surface area contributed by atoms with Crippen molar-refractivity contribution >= 4 is 0 Å². The molecule has 1 aromatic heterocycles. The molecular weight excluding hydrogens is 202 g/mol. The van der Waals surface area contributed by atoms with Gasteiger partial charge in [0.1, 0.15) is 0 Å². The van der Waals surface area contributed by atoms with E-state index < -0.39 is 0 Å².